The minimum atomic E-state index is -0.836. The second kappa shape index (κ2) is 60.6. The Labute approximate surface area is 450 Å². The van der Waals surface area contributed by atoms with Gasteiger partial charge in [0.15, 0.2) is 6.10 Å². The van der Waals surface area contributed by atoms with E-state index in [1.54, 1.807) is 0 Å². The molecule has 0 fully saturated rings. The molecule has 0 radical (unpaired) electrons. The molecule has 1 atom stereocenters. The molecule has 0 amide bonds. The Morgan fingerprint density at radius 3 is 0.959 bits per heavy atom. The predicted octanol–water partition coefficient (Wildman–Crippen LogP) is 20.7. The average Bonchev–Trinajstić information content (AvgIpc) is 3.39. The summed E-state index contributed by atoms with van der Waals surface area (Å²) in [7, 11) is 0. The van der Waals surface area contributed by atoms with Crippen LogP contribution in [0.5, 0.6) is 0 Å². The summed E-state index contributed by atoms with van der Waals surface area (Å²) in [6, 6.07) is 0. The lowest BCUT2D eigenvalue weighted by atomic mass is 10.0. The molecule has 0 unspecified atom stereocenters. The van der Waals surface area contributed by atoms with Crippen LogP contribution in [0.4, 0.5) is 0 Å². The van der Waals surface area contributed by atoms with E-state index in [9.17, 15) is 14.4 Å². The van der Waals surface area contributed by atoms with Gasteiger partial charge in [0.05, 0.1) is 0 Å². The molecule has 0 N–H and O–H groups in total. The van der Waals surface area contributed by atoms with Crippen molar-refractivity contribution in [3.8, 4) is 0 Å². The Morgan fingerprint density at radius 2 is 0.575 bits per heavy atom. The summed E-state index contributed by atoms with van der Waals surface area (Å²) >= 11 is 0. The summed E-state index contributed by atoms with van der Waals surface area (Å²) < 4.78 is 16.8. The SMILES string of the molecule is CC/C=C\C/C=C\C/C=C\C/C=C\C/C=C\C/C=C\CCC(=O)OC[C@H](COC(=O)CCCCCCCCCCCCCCCCCCCCC)OC(=O)CCC/C=C\C/C=C\C/C=C\CCCCCCCC. The molecule has 0 aliphatic heterocycles. The van der Waals surface area contributed by atoms with Crippen LogP contribution in [-0.4, -0.2) is 37.2 Å². The number of ether oxygens (including phenoxy) is 3. The molecule has 0 heterocycles. The number of hydrogen-bond acceptors (Lipinski definition) is 6. The van der Waals surface area contributed by atoms with E-state index >= 15 is 0 Å². The van der Waals surface area contributed by atoms with Gasteiger partial charge in [0.25, 0.3) is 0 Å². The molecule has 6 nitrogen and oxygen atoms in total. The van der Waals surface area contributed by atoms with Gasteiger partial charge in [-0.3, -0.25) is 14.4 Å². The van der Waals surface area contributed by atoms with E-state index in [2.05, 4.69) is 124 Å². The lowest BCUT2D eigenvalue weighted by Crippen LogP contribution is -2.30. The van der Waals surface area contributed by atoms with E-state index in [4.69, 9.17) is 14.2 Å². The summed E-state index contributed by atoms with van der Waals surface area (Å²) in [6.45, 7) is 6.43. The largest absolute Gasteiger partial charge is 0.462 e. The second-order valence-corrected chi connectivity index (χ2v) is 19.9. The fourth-order valence-electron chi connectivity index (χ4n) is 8.25. The molecule has 0 aromatic rings. The molecule has 0 spiro atoms. The number of rotatable bonds is 54. The first-order chi connectivity index (χ1) is 36.0. The Kier molecular flexibility index (Phi) is 57.4. The van der Waals surface area contributed by atoms with Gasteiger partial charge in [0.1, 0.15) is 13.2 Å². The van der Waals surface area contributed by atoms with Gasteiger partial charge < -0.3 is 14.2 Å². The highest BCUT2D eigenvalue weighted by molar-refractivity contribution is 5.71. The van der Waals surface area contributed by atoms with Gasteiger partial charge in [0.2, 0.25) is 0 Å². The Balaban J connectivity index is 4.54. The summed E-state index contributed by atoms with van der Waals surface area (Å²) in [5.41, 5.74) is 0. The molecule has 0 saturated carbocycles. The molecule has 6 heteroatoms. The summed E-state index contributed by atoms with van der Waals surface area (Å²) in [4.78, 5) is 38.2. The zero-order chi connectivity index (χ0) is 52.9. The number of unbranched alkanes of at least 4 members (excludes halogenated alkanes) is 25. The molecule has 0 aliphatic carbocycles. The van der Waals surface area contributed by atoms with Crippen LogP contribution in [-0.2, 0) is 28.6 Å². The van der Waals surface area contributed by atoms with E-state index in [0.29, 0.717) is 19.3 Å². The lowest BCUT2D eigenvalue weighted by molar-refractivity contribution is -0.166. The highest BCUT2D eigenvalue weighted by Crippen LogP contribution is 2.16. The van der Waals surface area contributed by atoms with E-state index in [0.717, 1.165) is 77.0 Å². The highest BCUT2D eigenvalue weighted by Gasteiger charge is 2.19. The molecule has 0 saturated heterocycles. The van der Waals surface area contributed by atoms with Crippen molar-refractivity contribution in [1.29, 1.82) is 0 Å². The summed E-state index contributed by atoms with van der Waals surface area (Å²) in [5, 5.41) is 0. The average molecular weight is 1010 g/mol. The molecule has 73 heavy (non-hydrogen) atoms. The van der Waals surface area contributed by atoms with Crippen LogP contribution in [0.3, 0.4) is 0 Å². The number of carbonyl (C=O) groups is 3. The molecule has 0 rings (SSSR count). The Morgan fingerprint density at radius 1 is 0.288 bits per heavy atom. The minimum absolute atomic E-state index is 0.120. The standard InChI is InChI=1S/C67H112O6/c1-4-7-10-13-16-19-22-25-28-31-33-36-38-41-44-47-50-53-56-59-65(68)71-62-64(73-67(70)61-58-55-52-49-46-43-40-35-30-27-24-21-18-15-12-9-6-3)63-72-66(69)60-57-54-51-48-45-42-39-37-34-32-29-26-23-20-17-14-11-8-5-2/h7,10,16,19,25,27-28,30,33,36,40-41,43-44,49-50,52-53,64H,4-6,8-9,11-15,17-18,20-24,26,29,31-32,34-35,37-39,42,45-48,51,54-63H2,1-3H3/b10-7-,19-16-,28-25-,30-27-,36-33-,43-40-,44-41-,52-49-,53-50-/t64-/m1/s1. The first-order valence-electron chi connectivity index (χ1n) is 30.4. The normalized spacial score (nSPS) is 12.9. The zero-order valence-corrected chi connectivity index (χ0v) is 47.6. The van der Waals surface area contributed by atoms with Crippen LogP contribution in [0, 0.1) is 0 Å². The van der Waals surface area contributed by atoms with Crippen molar-refractivity contribution in [2.75, 3.05) is 13.2 Å². The van der Waals surface area contributed by atoms with E-state index < -0.39 is 6.10 Å². The summed E-state index contributed by atoms with van der Waals surface area (Å²) in [6.07, 6.45) is 82.5. The maximum Gasteiger partial charge on any atom is 0.306 e. The van der Waals surface area contributed by atoms with Crippen molar-refractivity contribution >= 4 is 17.9 Å². The van der Waals surface area contributed by atoms with Crippen molar-refractivity contribution in [2.45, 2.75) is 284 Å². The fourth-order valence-corrected chi connectivity index (χ4v) is 8.25. The van der Waals surface area contributed by atoms with Crippen LogP contribution < -0.4 is 0 Å². The second-order valence-electron chi connectivity index (χ2n) is 19.9. The summed E-state index contributed by atoms with van der Waals surface area (Å²) in [5.74, 6) is -1.06. The maximum atomic E-state index is 12.9. The van der Waals surface area contributed by atoms with E-state index in [1.165, 1.54) is 148 Å². The lowest BCUT2D eigenvalue weighted by Gasteiger charge is -2.18. The van der Waals surface area contributed by atoms with Gasteiger partial charge >= 0.3 is 17.9 Å². The Bertz CT molecular complexity index is 1490. The maximum absolute atomic E-state index is 12.9. The third-order valence-electron chi connectivity index (χ3n) is 12.8. The van der Waals surface area contributed by atoms with Gasteiger partial charge in [-0.15, -0.1) is 0 Å². The van der Waals surface area contributed by atoms with Crippen molar-refractivity contribution < 1.29 is 28.6 Å². The van der Waals surface area contributed by atoms with Crippen molar-refractivity contribution in [2.24, 2.45) is 0 Å². The van der Waals surface area contributed by atoms with Gasteiger partial charge in [-0.05, 0) is 89.9 Å². The van der Waals surface area contributed by atoms with Gasteiger partial charge in [-0.25, -0.2) is 0 Å². The molecule has 0 bridgehead atoms. The first-order valence-corrected chi connectivity index (χ1v) is 30.4. The van der Waals surface area contributed by atoms with Crippen LogP contribution in [0.15, 0.2) is 109 Å². The molecular weight excluding hydrogens is 901 g/mol. The number of esters is 3. The van der Waals surface area contributed by atoms with E-state index in [-0.39, 0.29) is 44.0 Å². The molecular formula is C67H112O6. The highest BCUT2D eigenvalue weighted by atomic mass is 16.6. The smallest absolute Gasteiger partial charge is 0.306 e. The van der Waals surface area contributed by atoms with Gasteiger partial charge in [-0.2, -0.15) is 0 Å². The third-order valence-corrected chi connectivity index (χ3v) is 12.8. The number of carbonyl (C=O) groups excluding carboxylic acids is 3. The molecule has 0 aromatic heterocycles. The monoisotopic (exact) mass is 1010 g/mol. The molecule has 0 aromatic carbocycles. The van der Waals surface area contributed by atoms with Crippen molar-refractivity contribution in [3.05, 3.63) is 109 Å². The first kappa shape index (κ1) is 69.1. The van der Waals surface area contributed by atoms with Gasteiger partial charge in [0, 0.05) is 19.3 Å². The third kappa shape index (κ3) is 58.8. The fraction of sp³-hybridized carbons (Fsp3) is 0.687. The molecule has 416 valence electrons. The zero-order valence-electron chi connectivity index (χ0n) is 47.6. The van der Waals surface area contributed by atoms with Crippen molar-refractivity contribution in [3.63, 3.8) is 0 Å². The van der Waals surface area contributed by atoms with Crippen molar-refractivity contribution in [1.82, 2.24) is 0 Å². The number of hydrogen-bond donors (Lipinski definition) is 0. The van der Waals surface area contributed by atoms with Crippen LogP contribution in [0.25, 0.3) is 0 Å². The predicted molar refractivity (Wildman–Crippen MR) is 316 cm³/mol. The quantitative estimate of drug-likeness (QED) is 0.0261. The number of allylic oxidation sites excluding steroid dienone is 18. The van der Waals surface area contributed by atoms with Crippen LogP contribution in [0.1, 0.15) is 278 Å². The Hall–Kier alpha value is -3.93. The van der Waals surface area contributed by atoms with Crippen LogP contribution in [0.2, 0.25) is 0 Å². The van der Waals surface area contributed by atoms with Gasteiger partial charge in [-0.1, -0.05) is 278 Å². The van der Waals surface area contributed by atoms with Crippen LogP contribution >= 0.6 is 0 Å². The topological polar surface area (TPSA) is 78.9 Å². The minimum Gasteiger partial charge on any atom is -0.462 e. The van der Waals surface area contributed by atoms with E-state index in [1.807, 2.05) is 6.08 Å². The molecule has 0 aliphatic rings.